The van der Waals surface area contributed by atoms with Gasteiger partial charge in [0, 0.05) is 27.0 Å². The molecule has 0 fully saturated rings. The summed E-state index contributed by atoms with van der Waals surface area (Å²) in [5, 5.41) is 7.21. The number of rotatable bonds is 5. The van der Waals surface area contributed by atoms with E-state index < -0.39 is 0 Å². The largest absolute Gasteiger partial charge is 0.305 e. The first-order valence-corrected chi connectivity index (χ1v) is 8.74. The highest BCUT2D eigenvalue weighted by atomic mass is 32.1. The molecule has 1 atom stereocenters. The molecule has 1 N–H and O–H groups in total. The lowest BCUT2D eigenvalue weighted by molar-refractivity contribution is 0.585. The molecule has 1 aromatic carbocycles. The Hall–Kier alpha value is -1.16. The van der Waals surface area contributed by atoms with Gasteiger partial charge in [-0.25, -0.2) is 0 Å². The fourth-order valence-corrected chi connectivity index (χ4v) is 4.42. The van der Waals surface area contributed by atoms with E-state index in [9.17, 15) is 0 Å². The zero-order chi connectivity index (χ0) is 13.9. The lowest BCUT2D eigenvalue weighted by Gasteiger charge is -2.12. The first kappa shape index (κ1) is 13.8. The Labute approximate surface area is 128 Å². The molecule has 3 aromatic rings. The summed E-state index contributed by atoms with van der Waals surface area (Å²) in [7, 11) is 0. The van der Waals surface area contributed by atoms with Gasteiger partial charge in [0.2, 0.25) is 0 Å². The monoisotopic (exact) mass is 301 g/mol. The average molecular weight is 301 g/mol. The van der Waals surface area contributed by atoms with Gasteiger partial charge in [0.15, 0.2) is 0 Å². The normalized spacial score (nSPS) is 12.9. The molecule has 0 bridgehead atoms. The molecule has 0 saturated carbocycles. The third-order valence-electron chi connectivity index (χ3n) is 3.66. The fraction of sp³-hybridized carbons (Fsp3) is 0.294. The number of hydrogen-bond acceptors (Lipinski definition) is 3. The summed E-state index contributed by atoms with van der Waals surface area (Å²) >= 11 is 3.75. The predicted octanol–water partition coefficient (Wildman–Crippen LogP) is 5.38. The van der Waals surface area contributed by atoms with Gasteiger partial charge in [0.05, 0.1) is 0 Å². The van der Waals surface area contributed by atoms with Crippen LogP contribution in [0.1, 0.15) is 35.2 Å². The summed E-state index contributed by atoms with van der Waals surface area (Å²) in [6.45, 7) is 5.45. The fourth-order valence-electron chi connectivity index (χ4n) is 2.40. The van der Waals surface area contributed by atoms with Crippen molar-refractivity contribution in [2.75, 3.05) is 0 Å². The van der Waals surface area contributed by atoms with E-state index in [0.717, 1.165) is 13.0 Å². The van der Waals surface area contributed by atoms with Gasteiger partial charge in [-0.2, -0.15) is 0 Å². The van der Waals surface area contributed by atoms with E-state index in [0.29, 0.717) is 6.04 Å². The van der Waals surface area contributed by atoms with Gasteiger partial charge in [-0.15, -0.1) is 22.7 Å². The number of nitrogens with one attached hydrogen (secondary N) is 1. The van der Waals surface area contributed by atoms with Gasteiger partial charge >= 0.3 is 0 Å². The Morgan fingerprint density at radius 3 is 2.85 bits per heavy atom. The molecule has 0 aliphatic heterocycles. The van der Waals surface area contributed by atoms with Crippen LogP contribution >= 0.6 is 22.7 Å². The molecule has 1 nitrogen and oxygen atoms in total. The lowest BCUT2D eigenvalue weighted by Crippen LogP contribution is -2.17. The molecular weight excluding hydrogens is 282 g/mol. The average Bonchev–Trinajstić information content (AvgIpc) is 3.10. The number of thiophene rings is 2. The van der Waals surface area contributed by atoms with E-state index in [1.165, 1.54) is 25.4 Å². The van der Waals surface area contributed by atoms with Gasteiger partial charge in [0.1, 0.15) is 0 Å². The Morgan fingerprint density at radius 2 is 2.05 bits per heavy atom. The number of fused-ring (bicyclic) bond motifs is 1. The molecule has 1 unspecified atom stereocenters. The molecule has 0 amide bonds. The van der Waals surface area contributed by atoms with Crippen molar-refractivity contribution in [1.29, 1.82) is 0 Å². The van der Waals surface area contributed by atoms with Crippen LogP contribution in [0.15, 0.2) is 41.8 Å². The minimum Gasteiger partial charge on any atom is -0.305 e. The Morgan fingerprint density at radius 1 is 1.20 bits per heavy atom. The number of hydrogen-bond donors (Lipinski definition) is 1. The van der Waals surface area contributed by atoms with E-state index in [2.05, 4.69) is 60.9 Å². The van der Waals surface area contributed by atoms with Gasteiger partial charge in [0.25, 0.3) is 0 Å². The van der Waals surface area contributed by atoms with E-state index in [4.69, 9.17) is 0 Å². The lowest BCUT2D eigenvalue weighted by atomic mass is 10.2. The molecule has 0 spiro atoms. The Bertz CT molecular complexity index is 663. The highest BCUT2D eigenvalue weighted by Crippen LogP contribution is 2.30. The summed E-state index contributed by atoms with van der Waals surface area (Å²) in [5.74, 6) is 0. The van der Waals surface area contributed by atoms with Crippen LogP contribution in [0.2, 0.25) is 0 Å². The molecule has 3 rings (SSSR count). The maximum atomic E-state index is 3.66. The minimum atomic E-state index is 0.402. The van der Waals surface area contributed by atoms with Crippen molar-refractivity contribution in [2.24, 2.45) is 0 Å². The van der Waals surface area contributed by atoms with E-state index >= 15 is 0 Å². The van der Waals surface area contributed by atoms with Crippen LogP contribution in [0.3, 0.4) is 0 Å². The smallest absolute Gasteiger partial charge is 0.0389 e. The predicted molar refractivity (Wildman–Crippen MR) is 90.8 cm³/mol. The molecule has 20 heavy (non-hydrogen) atoms. The number of aryl methyl sites for hydroxylation is 1. The van der Waals surface area contributed by atoms with Gasteiger partial charge in [-0.05, 0) is 47.9 Å². The van der Waals surface area contributed by atoms with E-state index in [1.54, 1.807) is 0 Å². The summed E-state index contributed by atoms with van der Waals surface area (Å²) in [4.78, 5) is 2.89. The topological polar surface area (TPSA) is 12.0 Å². The van der Waals surface area contributed by atoms with Gasteiger partial charge in [-0.1, -0.05) is 25.1 Å². The second kappa shape index (κ2) is 6.08. The summed E-state index contributed by atoms with van der Waals surface area (Å²) in [6.07, 6.45) is 1.12. The first-order chi connectivity index (χ1) is 9.78. The van der Waals surface area contributed by atoms with Crippen LogP contribution in [-0.2, 0) is 13.0 Å². The van der Waals surface area contributed by atoms with E-state index in [-0.39, 0.29) is 0 Å². The van der Waals surface area contributed by atoms with Gasteiger partial charge in [-0.3, -0.25) is 0 Å². The van der Waals surface area contributed by atoms with Crippen LogP contribution in [-0.4, -0.2) is 0 Å². The summed E-state index contributed by atoms with van der Waals surface area (Å²) in [6, 6.07) is 13.6. The maximum Gasteiger partial charge on any atom is 0.0389 e. The molecule has 0 saturated heterocycles. The van der Waals surface area contributed by atoms with Gasteiger partial charge < -0.3 is 5.32 Å². The quantitative estimate of drug-likeness (QED) is 0.667. The molecule has 0 aliphatic rings. The van der Waals surface area contributed by atoms with Crippen LogP contribution < -0.4 is 5.32 Å². The van der Waals surface area contributed by atoms with Crippen LogP contribution in [0.25, 0.3) is 10.1 Å². The molecular formula is C17H19NS2. The molecule has 2 heterocycles. The van der Waals surface area contributed by atoms with Crippen LogP contribution in [0, 0.1) is 0 Å². The van der Waals surface area contributed by atoms with Crippen molar-refractivity contribution >= 4 is 32.8 Å². The van der Waals surface area contributed by atoms with E-state index in [1.807, 2.05) is 22.7 Å². The SMILES string of the molecule is CCc1ccsc1CNC(C)c1cc2ccccc2s1. The van der Waals surface area contributed by atoms with Crippen molar-refractivity contribution in [2.45, 2.75) is 32.9 Å². The Kier molecular flexibility index (Phi) is 4.20. The zero-order valence-electron chi connectivity index (χ0n) is 11.8. The summed E-state index contributed by atoms with van der Waals surface area (Å²) < 4.78 is 1.38. The second-order valence-corrected chi connectivity index (χ2v) is 7.13. The molecule has 0 radical (unpaired) electrons. The van der Waals surface area contributed by atoms with Crippen molar-refractivity contribution < 1.29 is 0 Å². The molecule has 0 aliphatic carbocycles. The third kappa shape index (κ3) is 2.80. The van der Waals surface area contributed by atoms with Crippen molar-refractivity contribution in [1.82, 2.24) is 5.32 Å². The van der Waals surface area contributed by atoms with Crippen LogP contribution in [0.4, 0.5) is 0 Å². The molecule has 104 valence electrons. The number of benzene rings is 1. The highest BCUT2D eigenvalue weighted by molar-refractivity contribution is 7.19. The van der Waals surface area contributed by atoms with Crippen molar-refractivity contribution in [3.63, 3.8) is 0 Å². The second-order valence-electron chi connectivity index (χ2n) is 5.01. The standard InChI is InChI=1S/C17H19NS2/c1-3-13-8-9-19-17(13)11-18-12(2)16-10-14-6-4-5-7-15(14)20-16/h4-10,12,18H,3,11H2,1-2H3. The maximum absolute atomic E-state index is 3.66. The third-order valence-corrected chi connectivity index (χ3v) is 5.92. The molecule has 3 heteroatoms. The van der Waals surface area contributed by atoms with Crippen LogP contribution in [0.5, 0.6) is 0 Å². The van der Waals surface area contributed by atoms with Crippen molar-refractivity contribution in [3.05, 3.63) is 57.1 Å². The van der Waals surface area contributed by atoms with Crippen molar-refractivity contribution in [3.8, 4) is 0 Å². The highest BCUT2D eigenvalue weighted by Gasteiger charge is 2.10. The summed E-state index contributed by atoms with van der Waals surface area (Å²) in [5.41, 5.74) is 1.48. The first-order valence-electron chi connectivity index (χ1n) is 7.05. The molecule has 2 aromatic heterocycles. The Balaban J connectivity index is 1.71. The zero-order valence-corrected chi connectivity index (χ0v) is 13.5. The minimum absolute atomic E-state index is 0.402.